The van der Waals surface area contributed by atoms with E-state index in [1.54, 1.807) is 35.2 Å². The average Bonchev–Trinajstić information content (AvgIpc) is 2.95. The summed E-state index contributed by atoms with van der Waals surface area (Å²) in [5.41, 5.74) is 3.00. The summed E-state index contributed by atoms with van der Waals surface area (Å²) in [7, 11) is -2.13. The van der Waals surface area contributed by atoms with E-state index in [0.29, 0.717) is 19.4 Å². The first-order chi connectivity index (χ1) is 18.7. The van der Waals surface area contributed by atoms with Gasteiger partial charge in [-0.15, -0.1) is 0 Å². The van der Waals surface area contributed by atoms with Crippen LogP contribution in [0.15, 0.2) is 89.8 Å². The first-order valence-corrected chi connectivity index (χ1v) is 14.8. The van der Waals surface area contributed by atoms with Crippen LogP contribution in [-0.2, 0) is 32.6 Å². The Bertz CT molecular complexity index is 1300. The van der Waals surface area contributed by atoms with Crippen LogP contribution in [0.3, 0.4) is 0 Å². The number of amides is 2. The molecule has 0 aliphatic rings. The number of rotatable bonds is 14. The van der Waals surface area contributed by atoms with Gasteiger partial charge in [0.2, 0.25) is 21.8 Å². The molecule has 2 amide bonds. The maximum atomic E-state index is 13.7. The minimum atomic E-state index is -3.65. The highest BCUT2D eigenvalue weighted by atomic mass is 32.2. The Balaban J connectivity index is 1.80. The van der Waals surface area contributed by atoms with Gasteiger partial charge in [-0.3, -0.25) is 9.59 Å². The summed E-state index contributed by atoms with van der Waals surface area (Å²) in [6.07, 6.45) is 1.63. The van der Waals surface area contributed by atoms with E-state index >= 15 is 0 Å². The van der Waals surface area contributed by atoms with Gasteiger partial charge >= 0.3 is 0 Å². The lowest BCUT2D eigenvalue weighted by molar-refractivity contribution is -0.141. The molecular formula is C31H39N3O4S. The molecule has 0 aliphatic heterocycles. The number of hydrogen-bond acceptors (Lipinski definition) is 4. The normalized spacial score (nSPS) is 12.2. The summed E-state index contributed by atoms with van der Waals surface area (Å²) in [6.45, 7) is 4.99. The van der Waals surface area contributed by atoms with Gasteiger partial charge in [0.25, 0.3) is 0 Å². The summed E-state index contributed by atoms with van der Waals surface area (Å²) in [5, 5.41) is 2.97. The molecule has 0 aliphatic carbocycles. The summed E-state index contributed by atoms with van der Waals surface area (Å²) in [6, 6.07) is 25.2. The number of nitrogens with zero attached hydrogens (tertiary/aromatic N) is 2. The van der Waals surface area contributed by atoms with Crippen LogP contribution in [0, 0.1) is 6.92 Å². The molecule has 8 heteroatoms. The third kappa shape index (κ3) is 8.76. The zero-order valence-corrected chi connectivity index (χ0v) is 23.9. The van der Waals surface area contributed by atoms with Gasteiger partial charge in [-0.25, -0.2) is 12.7 Å². The minimum absolute atomic E-state index is 0.118. The standard InChI is InChI=1S/C31H39N3O4S/c1-4-21-32-31(36)29(23-26-12-7-5-8-13-26)34(24-27-19-17-25(2)18-20-27)30(35)16-11-22-33(3)39(37,38)28-14-9-6-10-15-28/h5-10,12-15,17-20,29H,4,11,16,21-24H2,1-3H3,(H,32,36)/t29-/m0/s1. The smallest absolute Gasteiger partial charge is 0.243 e. The van der Waals surface area contributed by atoms with E-state index in [9.17, 15) is 18.0 Å². The molecule has 208 valence electrons. The summed E-state index contributed by atoms with van der Waals surface area (Å²) < 4.78 is 27.1. The van der Waals surface area contributed by atoms with Crippen molar-refractivity contribution in [3.05, 3.63) is 102 Å². The second-order valence-corrected chi connectivity index (χ2v) is 11.8. The maximum absolute atomic E-state index is 13.7. The minimum Gasteiger partial charge on any atom is -0.354 e. The van der Waals surface area contributed by atoms with E-state index in [1.807, 2.05) is 68.4 Å². The molecule has 0 bridgehead atoms. The first-order valence-electron chi connectivity index (χ1n) is 13.4. The number of nitrogens with one attached hydrogen (secondary N) is 1. The Morgan fingerprint density at radius 1 is 0.872 bits per heavy atom. The van der Waals surface area contributed by atoms with Gasteiger partial charge in [0.1, 0.15) is 6.04 Å². The molecule has 0 fully saturated rings. The number of carbonyl (C=O) groups is 2. The van der Waals surface area contributed by atoms with E-state index in [0.717, 1.165) is 23.1 Å². The third-order valence-electron chi connectivity index (χ3n) is 6.61. The molecule has 0 heterocycles. The zero-order chi connectivity index (χ0) is 28.3. The molecule has 0 aromatic heterocycles. The SMILES string of the molecule is CCCNC(=O)[C@H](Cc1ccccc1)N(Cc1ccc(C)cc1)C(=O)CCCN(C)S(=O)(=O)c1ccccc1. The van der Waals surface area contributed by atoms with Crippen LogP contribution in [0.25, 0.3) is 0 Å². The lowest BCUT2D eigenvalue weighted by Crippen LogP contribution is -2.50. The fraction of sp³-hybridized carbons (Fsp3) is 0.355. The molecule has 1 N–H and O–H groups in total. The average molecular weight is 550 g/mol. The molecule has 0 radical (unpaired) electrons. The monoisotopic (exact) mass is 549 g/mol. The molecule has 0 saturated heterocycles. The third-order valence-corrected chi connectivity index (χ3v) is 8.48. The van der Waals surface area contributed by atoms with Crippen molar-refractivity contribution in [1.82, 2.24) is 14.5 Å². The van der Waals surface area contributed by atoms with Crippen molar-refractivity contribution in [3.63, 3.8) is 0 Å². The predicted molar refractivity (Wildman–Crippen MR) is 154 cm³/mol. The van der Waals surface area contributed by atoms with Crippen molar-refractivity contribution < 1.29 is 18.0 Å². The second-order valence-electron chi connectivity index (χ2n) is 9.75. The highest BCUT2D eigenvalue weighted by molar-refractivity contribution is 7.89. The van der Waals surface area contributed by atoms with Crippen LogP contribution in [0.4, 0.5) is 0 Å². The van der Waals surface area contributed by atoms with Crippen LogP contribution >= 0.6 is 0 Å². The summed E-state index contributed by atoms with van der Waals surface area (Å²) in [5.74, 6) is -0.376. The van der Waals surface area contributed by atoms with E-state index in [4.69, 9.17) is 0 Å². The van der Waals surface area contributed by atoms with Crippen LogP contribution < -0.4 is 5.32 Å². The largest absolute Gasteiger partial charge is 0.354 e. The lowest BCUT2D eigenvalue weighted by atomic mass is 10.0. The quantitative estimate of drug-likeness (QED) is 0.319. The Morgan fingerprint density at radius 2 is 1.49 bits per heavy atom. The Labute approximate surface area is 232 Å². The van der Waals surface area contributed by atoms with Gasteiger partial charge in [-0.2, -0.15) is 0 Å². The van der Waals surface area contributed by atoms with Gasteiger partial charge in [-0.05, 0) is 43.0 Å². The van der Waals surface area contributed by atoms with Gasteiger partial charge in [0, 0.05) is 39.5 Å². The molecule has 7 nitrogen and oxygen atoms in total. The summed E-state index contributed by atoms with van der Waals surface area (Å²) >= 11 is 0. The van der Waals surface area contributed by atoms with Crippen LogP contribution in [-0.4, -0.2) is 55.6 Å². The molecule has 0 saturated carbocycles. The van der Waals surface area contributed by atoms with E-state index in [-0.39, 0.29) is 36.2 Å². The van der Waals surface area contributed by atoms with E-state index in [2.05, 4.69) is 5.32 Å². The molecule has 1 atom stereocenters. The Kier molecular flexibility index (Phi) is 11.3. The van der Waals surface area contributed by atoms with Crippen LogP contribution in [0.5, 0.6) is 0 Å². The molecule has 3 rings (SSSR count). The predicted octanol–water partition coefficient (Wildman–Crippen LogP) is 4.56. The van der Waals surface area contributed by atoms with Gasteiger partial charge in [0.05, 0.1) is 4.90 Å². The highest BCUT2D eigenvalue weighted by Crippen LogP contribution is 2.18. The lowest BCUT2D eigenvalue weighted by Gasteiger charge is -2.32. The van der Waals surface area contributed by atoms with E-state index in [1.165, 1.54) is 11.4 Å². The van der Waals surface area contributed by atoms with Gasteiger partial charge < -0.3 is 10.2 Å². The number of aryl methyl sites for hydroxylation is 1. The molecular weight excluding hydrogens is 510 g/mol. The Morgan fingerprint density at radius 3 is 2.10 bits per heavy atom. The second kappa shape index (κ2) is 14.6. The Hall–Kier alpha value is -3.49. The maximum Gasteiger partial charge on any atom is 0.243 e. The number of carbonyl (C=O) groups excluding carboxylic acids is 2. The van der Waals surface area contributed by atoms with E-state index < -0.39 is 16.1 Å². The highest BCUT2D eigenvalue weighted by Gasteiger charge is 2.30. The van der Waals surface area contributed by atoms with Crippen molar-refractivity contribution >= 4 is 21.8 Å². The van der Waals surface area contributed by atoms with Crippen molar-refractivity contribution in [2.45, 2.75) is 57.0 Å². The van der Waals surface area contributed by atoms with Gasteiger partial charge in [-0.1, -0.05) is 85.3 Å². The van der Waals surface area contributed by atoms with Crippen molar-refractivity contribution in [3.8, 4) is 0 Å². The van der Waals surface area contributed by atoms with Crippen molar-refractivity contribution in [1.29, 1.82) is 0 Å². The van der Waals surface area contributed by atoms with Crippen LogP contribution in [0.1, 0.15) is 42.9 Å². The van der Waals surface area contributed by atoms with Gasteiger partial charge in [0.15, 0.2) is 0 Å². The molecule has 39 heavy (non-hydrogen) atoms. The summed E-state index contributed by atoms with van der Waals surface area (Å²) in [4.78, 5) is 28.9. The molecule has 3 aromatic carbocycles. The van der Waals surface area contributed by atoms with Crippen molar-refractivity contribution in [2.75, 3.05) is 20.1 Å². The zero-order valence-electron chi connectivity index (χ0n) is 23.0. The topological polar surface area (TPSA) is 86.8 Å². The first kappa shape index (κ1) is 30.1. The van der Waals surface area contributed by atoms with Crippen LogP contribution in [0.2, 0.25) is 0 Å². The number of benzene rings is 3. The fourth-order valence-corrected chi connectivity index (χ4v) is 5.53. The van der Waals surface area contributed by atoms with Crippen molar-refractivity contribution in [2.24, 2.45) is 0 Å². The number of hydrogen-bond donors (Lipinski definition) is 1. The fourth-order valence-electron chi connectivity index (χ4n) is 4.30. The molecule has 0 spiro atoms. The molecule has 0 unspecified atom stereocenters. The number of sulfonamides is 1. The molecule has 3 aromatic rings.